The molecule has 0 saturated heterocycles. The average Bonchev–Trinajstić information content (AvgIpc) is 2.76. The Morgan fingerprint density at radius 1 is 1.47 bits per heavy atom. The fourth-order valence-corrected chi connectivity index (χ4v) is 3.31. The smallest absolute Gasteiger partial charge is 0.0960 e. The summed E-state index contributed by atoms with van der Waals surface area (Å²) in [6, 6.07) is 2.41. The SMILES string of the molecule is CCCNC(C#N)CCSC1CCCC1. The molecule has 0 aromatic carbocycles. The van der Waals surface area contributed by atoms with Crippen molar-refractivity contribution in [2.24, 2.45) is 0 Å². The fourth-order valence-electron chi connectivity index (χ4n) is 1.94. The van der Waals surface area contributed by atoms with Crippen LogP contribution in [-0.2, 0) is 0 Å². The summed E-state index contributed by atoms with van der Waals surface area (Å²) in [5, 5.41) is 13.1. The van der Waals surface area contributed by atoms with Crippen molar-refractivity contribution in [3.05, 3.63) is 0 Å². The summed E-state index contributed by atoms with van der Waals surface area (Å²) < 4.78 is 0. The lowest BCUT2D eigenvalue weighted by molar-refractivity contribution is 0.585. The predicted molar refractivity (Wildman–Crippen MR) is 67.0 cm³/mol. The van der Waals surface area contributed by atoms with Gasteiger partial charge in [-0.25, -0.2) is 0 Å². The maximum absolute atomic E-state index is 8.92. The number of hydrogen-bond acceptors (Lipinski definition) is 3. The van der Waals surface area contributed by atoms with Crippen LogP contribution in [0.5, 0.6) is 0 Å². The molecule has 0 aromatic heterocycles. The number of thioether (sulfide) groups is 1. The number of nitrogens with zero attached hydrogens (tertiary/aromatic N) is 1. The van der Waals surface area contributed by atoms with E-state index in [1.54, 1.807) is 0 Å². The second kappa shape index (κ2) is 8.01. The van der Waals surface area contributed by atoms with Gasteiger partial charge in [0.1, 0.15) is 0 Å². The second-order valence-corrected chi connectivity index (χ2v) is 5.61. The van der Waals surface area contributed by atoms with E-state index in [9.17, 15) is 0 Å². The first-order valence-electron chi connectivity index (χ1n) is 6.11. The van der Waals surface area contributed by atoms with Gasteiger partial charge < -0.3 is 5.32 Å². The van der Waals surface area contributed by atoms with E-state index < -0.39 is 0 Å². The predicted octanol–water partition coefficient (Wildman–Crippen LogP) is 2.94. The van der Waals surface area contributed by atoms with Crippen molar-refractivity contribution in [1.82, 2.24) is 5.32 Å². The van der Waals surface area contributed by atoms with Crippen LogP contribution < -0.4 is 5.32 Å². The Morgan fingerprint density at radius 3 is 2.80 bits per heavy atom. The summed E-state index contributed by atoms with van der Waals surface area (Å²) in [7, 11) is 0. The van der Waals surface area contributed by atoms with Gasteiger partial charge in [-0.1, -0.05) is 19.8 Å². The number of hydrogen-bond donors (Lipinski definition) is 1. The van der Waals surface area contributed by atoms with Crippen molar-refractivity contribution in [1.29, 1.82) is 5.26 Å². The van der Waals surface area contributed by atoms with Crippen LogP contribution in [0.15, 0.2) is 0 Å². The molecule has 86 valence electrons. The zero-order valence-corrected chi connectivity index (χ0v) is 10.5. The zero-order chi connectivity index (χ0) is 10.9. The summed E-state index contributed by atoms with van der Waals surface area (Å²) in [4.78, 5) is 0. The van der Waals surface area contributed by atoms with Gasteiger partial charge in [0, 0.05) is 5.25 Å². The lowest BCUT2D eigenvalue weighted by atomic mass is 10.2. The maximum atomic E-state index is 8.92. The molecule has 0 heterocycles. The normalized spacial score (nSPS) is 18.9. The van der Waals surface area contributed by atoms with Crippen LogP contribution in [-0.4, -0.2) is 23.6 Å². The standard InChI is InChI=1S/C12H22N2S/c1-2-8-14-11(10-13)7-9-15-12-5-3-4-6-12/h11-12,14H,2-9H2,1H3. The second-order valence-electron chi connectivity index (χ2n) is 4.20. The molecule has 1 saturated carbocycles. The first-order chi connectivity index (χ1) is 7.36. The zero-order valence-electron chi connectivity index (χ0n) is 9.67. The van der Waals surface area contributed by atoms with E-state index in [1.165, 1.54) is 25.7 Å². The molecule has 1 aliphatic rings. The molecule has 0 spiro atoms. The van der Waals surface area contributed by atoms with Gasteiger partial charge in [-0.2, -0.15) is 17.0 Å². The molecular weight excluding hydrogens is 204 g/mol. The van der Waals surface area contributed by atoms with Gasteiger partial charge >= 0.3 is 0 Å². The van der Waals surface area contributed by atoms with Gasteiger partial charge in [-0.3, -0.25) is 0 Å². The Bertz CT molecular complexity index is 194. The van der Waals surface area contributed by atoms with Crippen LogP contribution in [0.1, 0.15) is 45.4 Å². The molecule has 1 rings (SSSR count). The molecule has 1 atom stereocenters. The van der Waals surface area contributed by atoms with E-state index in [1.807, 2.05) is 0 Å². The Hall–Kier alpha value is -0.200. The highest BCUT2D eigenvalue weighted by molar-refractivity contribution is 7.99. The Labute approximate surface area is 97.8 Å². The van der Waals surface area contributed by atoms with Crippen molar-refractivity contribution in [3.63, 3.8) is 0 Å². The van der Waals surface area contributed by atoms with Crippen LogP contribution in [0.2, 0.25) is 0 Å². The van der Waals surface area contributed by atoms with Crippen LogP contribution >= 0.6 is 11.8 Å². The quantitative estimate of drug-likeness (QED) is 0.725. The van der Waals surface area contributed by atoms with E-state index in [0.29, 0.717) is 0 Å². The topological polar surface area (TPSA) is 35.8 Å². The maximum Gasteiger partial charge on any atom is 0.0960 e. The minimum atomic E-state index is 0.0684. The van der Waals surface area contributed by atoms with Crippen molar-refractivity contribution in [3.8, 4) is 6.07 Å². The Balaban J connectivity index is 2.03. The van der Waals surface area contributed by atoms with E-state index in [4.69, 9.17) is 5.26 Å². The van der Waals surface area contributed by atoms with Crippen molar-refractivity contribution >= 4 is 11.8 Å². The molecule has 15 heavy (non-hydrogen) atoms. The van der Waals surface area contributed by atoms with Gasteiger partial charge in [0.2, 0.25) is 0 Å². The Kier molecular flexibility index (Phi) is 6.87. The largest absolute Gasteiger partial charge is 0.302 e. The number of rotatable bonds is 7. The first-order valence-corrected chi connectivity index (χ1v) is 7.16. The fraction of sp³-hybridized carbons (Fsp3) is 0.917. The van der Waals surface area contributed by atoms with Gasteiger partial charge in [0.25, 0.3) is 0 Å². The number of nitrogens with one attached hydrogen (secondary N) is 1. The molecule has 1 aliphatic carbocycles. The van der Waals surface area contributed by atoms with Crippen LogP contribution in [0.25, 0.3) is 0 Å². The third-order valence-electron chi connectivity index (χ3n) is 2.86. The Morgan fingerprint density at radius 2 is 2.20 bits per heavy atom. The third-order valence-corrected chi connectivity index (χ3v) is 4.27. The molecule has 2 nitrogen and oxygen atoms in total. The van der Waals surface area contributed by atoms with E-state index in [-0.39, 0.29) is 6.04 Å². The van der Waals surface area contributed by atoms with Crippen molar-refractivity contribution in [2.45, 2.75) is 56.7 Å². The van der Waals surface area contributed by atoms with E-state index >= 15 is 0 Å². The van der Waals surface area contributed by atoms with Gasteiger partial charge in [-0.15, -0.1) is 0 Å². The van der Waals surface area contributed by atoms with Crippen LogP contribution in [0, 0.1) is 11.3 Å². The highest BCUT2D eigenvalue weighted by Crippen LogP contribution is 2.29. The molecule has 0 amide bonds. The monoisotopic (exact) mass is 226 g/mol. The van der Waals surface area contributed by atoms with Gasteiger partial charge in [0.05, 0.1) is 12.1 Å². The molecular formula is C12H22N2S. The van der Waals surface area contributed by atoms with Gasteiger partial charge in [-0.05, 0) is 38.0 Å². The molecule has 3 heteroatoms. The van der Waals surface area contributed by atoms with Gasteiger partial charge in [0.15, 0.2) is 0 Å². The molecule has 0 aliphatic heterocycles. The molecule has 1 unspecified atom stereocenters. The van der Waals surface area contributed by atoms with Crippen molar-refractivity contribution < 1.29 is 0 Å². The van der Waals surface area contributed by atoms with E-state index in [2.05, 4.69) is 30.1 Å². The van der Waals surface area contributed by atoms with E-state index in [0.717, 1.165) is 30.4 Å². The minimum Gasteiger partial charge on any atom is -0.302 e. The summed E-state index contributed by atoms with van der Waals surface area (Å²) >= 11 is 2.07. The highest BCUT2D eigenvalue weighted by Gasteiger charge is 2.15. The summed E-state index contributed by atoms with van der Waals surface area (Å²) in [5.74, 6) is 1.14. The van der Waals surface area contributed by atoms with Crippen molar-refractivity contribution in [2.75, 3.05) is 12.3 Å². The van der Waals surface area contributed by atoms with Crippen LogP contribution in [0.3, 0.4) is 0 Å². The third kappa shape index (κ3) is 5.44. The lowest BCUT2D eigenvalue weighted by Gasteiger charge is -2.12. The average molecular weight is 226 g/mol. The summed E-state index contributed by atoms with van der Waals surface area (Å²) in [6.45, 7) is 3.10. The molecule has 1 N–H and O–H groups in total. The molecule has 1 fully saturated rings. The molecule has 0 bridgehead atoms. The molecule has 0 radical (unpaired) electrons. The summed E-state index contributed by atoms with van der Waals surface area (Å²) in [6.07, 6.45) is 7.71. The van der Waals surface area contributed by atoms with Crippen LogP contribution in [0.4, 0.5) is 0 Å². The minimum absolute atomic E-state index is 0.0684. The lowest BCUT2D eigenvalue weighted by Crippen LogP contribution is -2.28. The summed E-state index contributed by atoms with van der Waals surface area (Å²) in [5.41, 5.74) is 0. The number of nitriles is 1. The highest BCUT2D eigenvalue weighted by atomic mass is 32.2. The molecule has 0 aromatic rings. The first kappa shape index (κ1) is 12.9.